The van der Waals surface area contributed by atoms with Crippen molar-refractivity contribution in [2.45, 2.75) is 19.0 Å². The summed E-state index contributed by atoms with van der Waals surface area (Å²) in [5.74, 6) is -2.51. The molecule has 1 rings (SSSR count). The Morgan fingerprint density at radius 2 is 2.13 bits per heavy atom. The number of hydrogen-bond donors (Lipinski definition) is 2. The number of amidine groups is 1. The molecule has 88 valence electrons. The van der Waals surface area contributed by atoms with Crippen LogP contribution in [0.2, 0.25) is 0 Å². The molecule has 0 aromatic carbocycles. The van der Waals surface area contributed by atoms with E-state index in [1.807, 2.05) is 0 Å². The van der Waals surface area contributed by atoms with Crippen molar-refractivity contribution in [3.8, 4) is 0 Å². The van der Waals surface area contributed by atoms with E-state index in [0.29, 0.717) is 12.5 Å². The van der Waals surface area contributed by atoms with Gasteiger partial charge in [0.25, 0.3) is 0 Å². The smallest absolute Gasteiger partial charge is 0.401 e. The largest absolute Gasteiger partial charge is 0.409 e. The van der Waals surface area contributed by atoms with Crippen LogP contribution in [0.1, 0.15) is 12.8 Å². The molecule has 1 unspecified atom stereocenters. The van der Waals surface area contributed by atoms with Crippen LogP contribution >= 0.6 is 0 Å². The predicted molar refractivity (Wildman–Crippen MR) is 46.5 cm³/mol. The lowest BCUT2D eigenvalue weighted by molar-refractivity contribution is -0.168. The first-order chi connectivity index (χ1) is 6.95. The molecule has 0 amide bonds. The summed E-state index contributed by atoms with van der Waals surface area (Å²) < 4.78 is 41.9. The molecule has 1 atom stereocenters. The van der Waals surface area contributed by atoms with E-state index in [0.717, 1.165) is 12.8 Å². The summed E-state index contributed by atoms with van der Waals surface area (Å²) in [6.07, 6.45) is -2.54. The minimum atomic E-state index is -4.54. The fourth-order valence-corrected chi connectivity index (χ4v) is 1.05. The van der Waals surface area contributed by atoms with Gasteiger partial charge in [-0.3, -0.25) is 0 Å². The summed E-state index contributed by atoms with van der Waals surface area (Å²) in [5, 5.41) is 10.6. The number of ether oxygens (including phenoxy) is 1. The topological polar surface area (TPSA) is 67.8 Å². The molecule has 1 fully saturated rings. The zero-order valence-electron chi connectivity index (χ0n) is 8.00. The Kier molecular flexibility index (Phi) is 3.78. The summed E-state index contributed by atoms with van der Waals surface area (Å²) in [6, 6.07) is 0. The second-order valence-corrected chi connectivity index (χ2v) is 3.60. The van der Waals surface area contributed by atoms with E-state index < -0.39 is 24.5 Å². The van der Waals surface area contributed by atoms with Crippen molar-refractivity contribution < 1.29 is 23.1 Å². The summed E-state index contributed by atoms with van der Waals surface area (Å²) in [6.45, 7) is -0.277. The van der Waals surface area contributed by atoms with E-state index >= 15 is 0 Å². The van der Waals surface area contributed by atoms with E-state index in [1.54, 1.807) is 0 Å². The van der Waals surface area contributed by atoms with Crippen molar-refractivity contribution >= 4 is 5.84 Å². The highest BCUT2D eigenvalue weighted by Crippen LogP contribution is 2.30. The first-order valence-corrected chi connectivity index (χ1v) is 4.57. The predicted octanol–water partition coefficient (Wildman–Crippen LogP) is 1.34. The average molecular weight is 226 g/mol. The van der Waals surface area contributed by atoms with Crippen molar-refractivity contribution in [3.63, 3.8) is 0 Å². The lowest BCUT2D eigenvalue weighted by atomic mass is 10.1. The summed E-state index contributed by atoms with van der Waals surface area (Å²) in [4.78, 5) is 0. The van der Waals surface area contributed by atoms with Gasteiger partial charge in [-0.25, -0.2) is 0 Å². The third-order valence-corrected chi connectivity index (χ3v) is 2.20. The Morgan fingerprint density at radius 3 is 2.53 bits per heavy atom. The van der Waals surface area contributed by atoms with Crippen molar-refractivity contribution in [2.24, 2.45) is 22.7 Å². The van der Waals surface area contributed by atoms with Crippen LogP contribution in [0.15, 0.2) is 5.16 Å². The molecule has 0 aliphatic heterocycles. The molecule has 0 radical (unpaired) electrons. The molecule has 1 aliphatic carbocycles. The fraction of sp³-hybridized carbons (Fsp3) is 0.875. The normalized spacial score (nSPS) is 20.3. The van der Waals surface area contributed by atoms with Gasteiger partial charge in [0.1, 0.15) is 5.92 Å². The standard InChI is InChI=1S/C8H13F3N2O2/c9-8(10,11)6(7(12)13-14)4-15-3-5-1-2-5/h5-6,14H,1-4H2,(H2,12,13). The molecule has 0 saturated heterocycles. The number of hydrogen-bond acceptors (Lipinski definition) is 3. The van der Waals surface area contributed by atoms with Crippen molar-refractivity contribution in [2.75, 3.05) is 13.2 Å². The minimum absolute atomic E-state index is 0.311. The highest BCUT2D eigenvalue weighted by Gasteiger charge is 2.43. The maximum Gasteiger partial charge on any atom is 0.401 e. The number of alkyl halides is 3. The van der Waals surface area contributed by atoms with Gasteiger partial charge < -0.3 is 15.7 Å². The molecule has 7 heteroatoms. The number of nitrogens with two attached hydrogens (primary N) is 1. The second kappa shape index (κ2) is 4.69. The number of rotatable bonds is 5. The zero-order chi connectivity index (χ0) is 11.5. The van der Waals surface area contributed by atoms with Gasteiger partial charge in [0.15, 0.2) is 5.84 Å². The highest BCUT2D eigenvalue weighted by molar-refractivity contribution is 5.83. The first kappa shape index (κ1) is 12.1. The monoisotopic (exact) mass is 226 g/mol. The molecular formula is C8H13F3N2O2. The quantitative estimate of drug-likeness (QED) is 0.321. The molecule has 4 nitrogen and oxygen atoms in total. The SMILES string of the molecule is NC(=NO)C(COCC1CC1)C(F)(F)F. The van der Waals surface area contributed by atoms with Crippen LogP contribution in [-0.4, -0.2) is 30.4 Å². The van der Waals surface area contributed by atoms with Crippen LogP contribution in [-0.2, 0) is 4.74 Å². The van der Waals surface area contributed by atoms with Crippen LogP contribution in [0.4, 0.5) is 13.2 Å². The van der Waals surface area contributed by atoms with E-state index in [2.05, 4.69) is 5.16 Å². The Labute approximate surface area is 84.9 Å². The molecule has 1 saturated carbocycles. The Bertz CT molecular complexity index is 239. The number of halogens is 3. The first-order valence-electron chi connectivity index (χ1n) is 4.57. The molecule has 0 aromatic rings. The van der Waals surface area contributed by atoms with E-state index in [4.69, 9.17) is 15.7 Å². The molecule has 0 heterocycles. The van der Waals surface area contributed by atoms with Gasteiger partial charge in [0.2, 0.25) is 0 Å². The van der Waals surface area contributed by atoms with Crippen LogP contribution in [0.3, 0.4) is 0 Å². The Hall–Kier alpha value is -0.980. The van der Waals surface area contributed by atoms with Gasteiger partial charge in [-0.15, -0.1) is 0 Å². The molecular weight excluding hydrogens is 213 g/mol. The van der Waals surface area contributed by atoms with Crippen molar-refractivity contribution in [3.05, 3.63) is 0 Å². The van der Waals surface area contributed by atoms with Gasteiger partial charge in [0, 0.05) is 6.61 Å². The van der Waals surface area contributed by atoms with Gasteiger partial charge in [-0.2, -0.15) is 13.2 Å². The van der Waals surface area contributed by atoms with Gasteiger partial charge in [-0.05, 0) is 18.8 Å². The Balaban J connectivity index is 2.40. The highest BCUT2D eigenvalue weighted by atomic mass is 19.4. The molecule has 0 spiro atoms. The average Bonchev–Trinajstić information content (AvgIpc) is 2.93. The molecule has 0 bridgehead atoms. The van der Waals surface area contributed by atoms with Crippen molar-refractivity contribution in [1.29, 1.82) is 0 Å². The zero-order valence-corrected chi connectivity index (χ0v) is 8.00. The molecule has 15 heavy (non-hydrogen) atoms. The van der Waals surface area contributed by atoms with E-state index in [-0.39, 0.29) is 0 Å². The fourth-order valence-electron chi connectivity index (χ4n) is 1.05. The second-order valence-electron chi connectivity index (χ2n) is 3.60. The molecule has 1 aliphatic rings. The third-order valence-electron chi connectivity index (χ3n) is 2.20. The maximum absolute atomic E-state index is 12.3. The number of oxime groups is 1. The summed E-state index contributed by atoms with van der Waals surface area (Å²) in [5.41, 5.74) is 4.94. The lowest BCUT2D eigenvalue weighted by Crippen LogP contribution is -2.39. The van der Waals surface area contributed by atoms with Gasteiger partial charge in [-0.1, -0.05) is 5.16 Å². The van der Waals surface area contributed by atoms with Gasteiger partial charge >= 0.3 is 6.18 Å². The molecule has 0 aromatic heterocycles. The minimum Gasteiger partial charge on any atom is -0.409 e. The van der Waals surface area contributed by atoms with Gasteiger partial charge in [0.05, 0.1) is 6.61 Å². The third kappa shape index (κ3) is 3.94. The summed E-state index contributed by atoms with van der Waals surface area (Å²) >= 11 is 0. The van der Waals surface area contributed by atoms with E-state index in [1.165, 1.54) is 0 Å². The maximum atomic E-state index is 12.3. The van der Waals surface area contributed by atoms with Crippen molar-refractivity contribution in [1.82, 2.24) is 0 Å². The summed E-state index contributed by atoms with van der Waals surface area (Å²) in [7, 11) is 0. The van der Waals surface area contributed by atoms with Crippen LogP contribution < -0.4 is 5.73 Å². The van der Waals surface area contributed by atoms with E-state index in [9.17, 15) is 13.2 Å². The lowest BCUT2D eigenvalue weighted by Gasteiger charge is -2.18. The molecule has 3 N–H and O–H groups in total. The van der Waals surface area contributed by atoms with Crippen LogP contribution in [0.25, 0.3) is 0 Å². The van der Waals surface area contributed by atoms with Crippen LogP contribution in [0, 0.1) is 11.8 Å². The Morgan fingerprint density at radius 1 is 1.53 bits per heavy atom. The van der Waals surface area contributed by atoms with Crippen LogP contribution in [0.5, 0.6) is 0 Å². The number of nitrogens with zero attached hydrogens (tertiary/aromatic N) is 1.